The highest BCUT2D eigenvalue weighted by atomic mass is 19.1. The quantitative estimate of drug-likeness (QED) is 0.489. The van der Waals surface area contributed by atoms with Crippen molar-refractivity contribution in [2.24, 2.45) is 0 Å². The van der Waals surface area contributed by atoms with Gasteiger partial charge in [-0.1, -0.05) is 5.16 Å². The first kappa shape index (κ1) is 26.3. The topological polar surface area (TPSA) is 111 Å². The van der Waals surface area contributed by atoms with E-state index in [0.717, 1.165) is 43.4 Å². The van der Waals surface area contributed by atoms with E-state index < -0.39 is 12.2 Å². The summed E-state index contributed by atoms with van der Waals surface area (Å²) in [5.74, 6) is 0.225. The molecular formula is C27H35FN5O5+. The highest BCUT2D eigenvalue weighted by molar-refractivity contribution is 5.79. The Bertz CT molecular complexity index is 1390. The van der Waals surface area contributed by atoms with Crippen LogP contribution >= 0.6 is 0 Å². The zero-order valence-corrected chi connectivity index (χ0v) is 22.2. The molecule has 2 aliphatic rings. The van der Waals surface area contributed by atoms with Crippen LogP contribution < -0.4 is 5.56 Å². The molecule has 3 aromatic rings. The molecule has 1 N–H and O–H groups in total. The monoisotopic (exact) mass is 528 g/mol. The normalized spacial score (nSPS) is 23.3. The van der Waals surface area contributed by atoms with Crippen molar-refractivity contribution in [2.45, 2.75) is 57.6 Å². The molecule has 0 saturated carbocycles. The fraction of sp³-hybridized carbons (Fsp3) is 0.556. The Morgan fingerprint density at radius 1 is 1.29 bits per heavy atom. The van der Waals surface area contributed by atoms with Gasteiger partial charge in [-0.2, -0.15) is 0 Å². The van der Waals surface area contributed by atoms with Crippen LogP contribution in [-0.2, 0) is 17.7 Å². The van der Waals surface area contributed by atoms with Gasteiger partial charge in [0, 0.05) is 68.5 Å². The molecule has 1 fully saturated rings. The average Bonchev–Trinajstić information content (AvgIpc) is 3.31. The maximum absolute atomic E-state index is 13.6. The number of piperidine rings is 1. The van der Waals surface area contributed by atoms with E-state index in [4.69, 9.17) is 9.26 Å². The Morgan fingerprint density at radius 3 is 2.79 bits per heavy atom. The van der Waals surface area contributed by atoms with Gasteiger partial charge >= 0.3 is 6.09 Å². The second-order valence-electron chi connectivity index (χ2n) is 10.8. The molecule has 2 aromatic heterocycles. The zero-order valence-electron chi connectivity index (χ0n) is 22.2. The molecule has 204 valence electrons. The second kappa shape index (κ2) is 10.5. The van der Waals surface area contributed by atoms with Crippen LogP contribution in [0, 0.1) is 12.7 Å². The number of fused-ring (bicyclic) bond motifs is 2. The van der Waals surface area contributed by atoms with Gasteiger partial charge in [-0.15, -0.1) is 0 Å². The first-order valence-corrected chi connectivity index (χ1v) is 13.2. The maximum Gasteiger partial charge on any atom is 0.413 e. The van der Waals surface area contributed by atoms with E-state index in [9.17, 15) is 19.1 Å². The smallest absolute Gasteiger partial charge is 0.399 e. The number of aliphatic hydroxyl groups is 1. The molecular weight excluding hydrogens is 493 g/mol. The van der Waals surface area contributed by atoms with Crippen LogP contribution in [0.15, 0.2) is 27.5 Å². The molecule has 2 aliphatic heterocycles. The number of carbonyl (C=O) groups excluding carboxylic acids is 1. The van der Waals surface area contributed by atoms with Gasteiger partial charge in [-0.3, -0.25) is 13.8 Å². The first-order chi connectivity index (χ1) is 18.2. The molecule has 0 radical (unpaired) electrons. The number of aryl methyl sites for hydroxylation is 1. The third kappa shape index (κ3) is 5.04. The highest BCUT2D eigenvalue weighted by Gasteiger charge is 2.38. The van der Waals surface area contributed by atoms with E-state index in [1.165, 1.54) is 17.0 Å². The van der Waals surface area contributed by atoms with Crippen molar-refractivity contribution < 1.29 is 28.0 Å². The Morgan fingerprint density at radius 2 is 2.05 bits per heavy atom. The summed E-state index contributed by atoms with van der Waals surface area (Å²) in [4.78, 5) is 31.6. The fourth-order valence-corrected chi connectivity index (χ4v) is 5.75. The van der Waals surface area contributed by atoms with Crippen molar-refractivity contribution in [2.75, 3.05) is 40.5 Å². The summed E-state index contributed by atoms with van der Waals surface area (Å²) >= 11 is 0. The molecule has 4 heterocycles. The van der Waals surface area contributed by atoms with Crippen LogP contribution in [0.1, 0.15) is 60.5 Å². The van der Waals surface area contributed by atoms with Gasteiger partial charge in [0.15, 0.2) is 5.58 Å². The van der Waals surface area contributed by atoms with E-state index in [1.54, 1.807) is 24.7 Å². The molecule has 1 saturated heterocycles. The summed E-state index contributed by atoms with van der Waals surface area (Å²) in [6.07, 6.45) is 2.29. The van der Waals surface area contributed by atoms with Gasteiger partial charge in [-0.05, 0) is 31.9 Å². The molecule has 0 aliphatic carbocycles. The van der Waals surface area contributed by atoms with Gasteiger partial charge in [0.1, 0.15) is 17.7 Å². The van der Waals surface area contributed by atoms with E-state index in [-0.39, 0.29) is 24.0 Å². The third-order valence-corrected chi connectivity index (χ3v) is 8.07. The Kier molecular flexibility index (Phi) is 7.23. The zero-order chi connectivity index (χ0) is 27.0. The van der Waals surface area contributed by atoms with Gasteiger partial charge in [0.2, 0.25) is 6.73 Å². The van der Waals surface area contributed by atoms with E-state index in [1.807, 2.05) is 6.92 Å². The summed E-state index contributed by atoms with van der Waals surface area (Å²) in [7, 11) is 3.30. The maximum atomic E-state index is 13.6. The minimum atomic E-state index is -0.712. The number of amides is 1. The lowest BCUT2D eigenvalue weighted by atomic mass is 9.90. The number of halogens is 1. The number of nitrogens with zero attached hydrogens (tertiary/aromatic N) is 5. The molecule has 10 nitrogen and oxygen atoms in total. The number of aliphatic hydroxyl groups excluding tert-OH is 1. The van der Waals surface area contributed by atoms with Gasteiger partial charge in [0.05, 0.1) is 25.3 Å². The third-order valence-electron chi connectivity index (χ3n) is 8.07. The summed E-state index contributed by atoms with van der Waals surface area (Å²) in [5.41, 5.74) is 2.46. The van der Waals surface area contributed by atoms with Crippen LogP contribution in [0.4, 0.5) is 9.18 Å². The minimum Gasteiger partial charge on any atom is -0.399 e. The van der Waals surface area contributed by atoms with Crippen molar-refractivity contribution in [3.05, 3.63) is 57.1 Å². The Hall–Kier alpha value is -3.31. The molecule has 1 amide bonds. The lowest BCUT2D eigenvalue weighted by molar-refractivity contribution is -0.948. The molecule has 38 heavy (non-hydrogen) atoms. The molecule has 5 rings (SSSR count). The van der Waals surface area contributed by atoms with E-state index in [0.29, 0.717) is 53.1 Å². The molecule has 0 bridgehead atoms. The number of ether oxygens (including phenoxy) is 1. The number of aromatic nitrogens is 3. The van der Waals surface area contributed by atoms with Crippen LogP contribution in [0.5, 0.6) is 0 Å². The van der Waals surface area contributed by atoms with Crippen molar-refractivity contribution >= 4 is 17.1 Å². The summed E-state index contributed by atoms with van der Waals surface area (Å²) in [5, 5.41) is 15.4. The summed E-state index contributed by atoms with van der Waals surface area (Å²) in [6.45, 7) is 4.63. The van der Waals surface area contributed by atoms with Crippen molar-refractivity contribution in [1.29, 1.82) is 0 Å². The van der Waals surface area contributed by atoms with Crippen LogP contribution in [-0.4, -0.2) is 75.8 Å². The molecule has 1 unspecified atom stereocenters. The molecule has 1 aromatic carbocycles. The number of likely N-dealkylation sites (tertiary alicyclic amines) is 1. The Labute approximate surface area is 220 Å². The second-order valence-corrected chi connectivity index (χ2v) is 10.8. The van der Waals surface area contributed by atoms with Gasteiger partial charge in [0.25, 0.3) is 5.56 Å². The standard InChI is InChI=1S/C27H35FN5O5/c1-17-20(26(35)32-11-4-5-22(34)25(32)29-17)10-14-33(16-37-27(36)31(2)3)12-8-18(9-13-33)24-21-7-6-19(28)15-23(21)38-30-24/h6-7,15,18,22,34H,4-5,8-14,16H2,1-3H3/q+1. The lowest BCUT2D eigenvalue weighted by Crippen LogP contribution is -2.56. The predicted octanol–water partition coefficient (Wildman–Crippen LogP) is 3.25. The number of benzene rings is 1. The average molecular weight is 529 g/mol. The summed E-state index contributed by atoms with van der Waals surface area (Å²) in [6, 6.07) is 4.48. The fourth-order valence-electron chi connectivity index (χ4n) is 5.75. The van der Waals surface area contributed by atoms with Crippen molar-refractivity contribution in [3.8, 4) is 0 Å². The van der Waals surface area contributed by atoms with Gasteiger partial charge < -0.3 is 19.3 Å². The van der Waals surface area contributed by atoms with Crippen LogP contribution in [0.2, 0.25) is 0 Å². The predicted molar refractivity (Wildman–Crippen MR) is 137 cm³/mol. The van der Waals surface area contributed by atoms with E-state index >= 15 is 0 Å². The number of rotatable bonds is 6. The first-order valence-electron chi connectivity index (χ1n) is 13.2. The van der Waals surface area contributed by atoms with Crippen LogP contribution in [0.3, 0.4) is 0 Å². The van der Waals surface area contributed by atoms with Crippen LogP contribution in [0.25, 0.3) is 11.0 Å². The Balaban J connectivity index is 1.36. The van der Waals surface area contributed by atoms with E-state index in [2.05, 4.69) is 10.1 Å². The number of hydrogen-bond donors (Lipinski definition) is 1. The van der Waals surface area contributed by atoms with Crippen molar-refractivity contribution in [1.82, 2.24) is 19.6 Å². The summed E-state index contributed by atoms with van der Waals surface area (Å²) < 4.78 is 26.8. The highest BCUT2D eigenvalue weighted by Crippen LogP contribution is 2.35. The van der Waals surface area contributed by atoms with Gasteiger partial charge in [-0.25, -0.2) is 14.2 Å². The molecule has 1 atom stereocenters. The lowest BCUT2D eigenvalue weighted by Gasteiger charge is -2.42. The number of carbonyl (C=O) groups is 1. The molecule has 11 heteroatoms. The SMILES string of the molecule is Cc1nc2n(c(=O)c1CC[N+]1(COC(=O)N(C)C)CCC(c3noc4cc(F)ccc34)CC1)CCCC2O. The molecule has 0 spiro atoms. The number of hydrogen-bond acceptors (Lipinski definition) is 7. The number of quaternary nitrogens is 1. The van der Waals surface area contributed by atoms with Crippen molar-refractivity contribution in [3.63, 3.8) is 0 Å². The largest absolute Gasteiger partial charge is 0.413 e. The minimum absolute atomic E-state index is 0.0918.